The van der Waals surface area contributed by atoms with Gasteiger partial charge < -0.3 is 10.2 Å². The normalized spacial score (nSPS) is 18.4. The first-order valence-corrected chi connectivity index (χ1v) is 7.75. The molecule has 1 unspecified atom stereocenters. The molecule has 0 radical (unpaired) electrons. The highest BCUT2D eigenvalue weighted by atomic mass is 16.6. The van der Waals surface area contributed by atoms with E-state index in [0.29, 0.717) is 17.5 Å². The van der Waals surface area contributed by atoms with E-state index in [1.807, 2.05) is 12.1 Å². The molecular weight excluding hydrogens is 266 g/mol. The molecule has 116 valence electrons. The van der Waals surface area contributed by atoms with E-state index >= 15 is 0 Å². The predicted octanol–water partition coefficient (Wildman–Crippen LogP) is 3.44. The lowest BCUT2D eigenvalue weighted by atomic mass is 9.90. The molecule has 21 heavy (non-hydrogen) atoms. The number of benzene rings is 1. The minimum Gasteiger partial charge on any atom is -0.382 e. The van der Waals surface area contributed by atoms with Gasteiger partial charge in [-0.2, -0.15) is 0 Å². The number of nitrogens with zero attached hydrogens (tertiary/aromatic N) is 2. The summed E-state index contributed by atoms with van der Waals surface area (Å²) in [7, 11) is 0. The van der Waals surface area contributed by atoms with Crippen molar-refractivity contribution in [1.82, 2.24) is 4.90 Å². The average Bonchev–Trinajstić information content (AvgIpc) is 2.49. The quantitative estimate of drug-likeness (QED) is 0.667. The molecule has 1 heterocycles. The average molecular weight is 291 g/mol. The molecule has 2 rings (SSSR count). The Balaban J connectivity index is 1.98. The van der Waals surface area contributed by atoms with Crippen LogP contribution < -0.4 is 5.32 Å². The summed E-state index contributed by atoms with van der Waals surface area (Å²) in [4.78, 5) is 13.2. The van der Waals surface area contributed by atoms with Crippen LogP contribution in [0.4, 0.5) is 11.4 Å². The van der Waals surface area contributed by atoms with Crippen LogP contribution in [-0.4, -0.2) is 35.5 Å². The highest BCUT2D eigenvalue weighted by molar-refractivity contribution is 5.55. The maximum Gasteiger partial charge on any atom is 0.274 e. The molecule has 1 saturated heterocycles. The molecule has 0 bridgehead atoms. The topological polar surface area (TPSA) is 58.4 Å². The Morgan fingerprint density at radius 1 is 1.43 bits per heavy atom. The van der Waals surface area contributed by atoms with Crippen LogP contribution in [0.2, 0.25) is 0 Å². The summed E-state index contributed by atoms with van der Waals surface area (Å²) in [5.74, 6) is 0.633. The maximum atomic E-state index is 11.0. The number of piperidine rings is 1. The number of nitro benzene ring substituents is 1. The van der Waals surface area contributed by atoms with E-state index < -0.39 is 0 Å². The van der Waals surface area contributed by atoms with Crippen molar-refractivity contribution >= 4 is 11.4 Å². The fourth-order valence-corrected chi connectivity index (χ4v) is 3.05. The zero-order chi connectivity index (χ0) is 15.4. The first-order valence-electron chi connectivity index (χ1n) is 7.75. The minimum absolute atomic E-state index is 0.188. The lowest BCUT2D eigenvalue weighted by Gasteiger charge is -2.34. The molecule has 1 aliphatic rings. The predicted molar refractivity (Wildman–Crippen MR) is 85.8 cm³/mol. The van der Waals surface area contributed by atoms with Gasteiger partial charge in [0.15, 0.2) is 0 Å². The van der Waals surface area contributed by atoms with Crippen LogP contribution in [0.15, 0.2) is 18.2 Å². The number of rotatable bonds is 5. The summed E-state index contributed by atoms with van der Waals surface area (Å²) in [6.45, 7) is 9.58. The van der Waals surface area contributed by atoms with Crippen LogP contribution in [0.5, 0.6) is 0 Å². The van der Waals surface area contributed by atoms with Crippen molar-refractivity contribution in [3.8, 4) is 0 Å². The van der Waals surface area contributed by atoms with Crippen LogP contribution in [0.25, 0.3) is 0 Å². The number of hydrogen-bond acceptors (Lipinski definition) is 4. The second-order valence-corrected chi connectivity index (χ2v) is 5.96. The smallest absolute Gasteiger partial charge is 0.274 e. The Morgan fingerprint density at radius 2 is 2.10 bits per heavy atom. The summed E-state index contributed by atoms with van der Waals surface area (Å²) in [6, 6.07) is 5.73. The Labute approximate surface area is 126 Å². The molecular formula is C16H25N3O2. The zero-order valence-corrected chi connectivity index (χ0v) is 13.1. The Kier molecular flexibility index (Phi) is 5.17. The second kappa shape index (κ2) is 6.89. The van der Waals surface area contributed by atoms with Gasteiger partial charge >= 0.3 is 0 Å². The van der Waals surface area contributed by atoms with Crippen molar-refractivity contribution in [1.29, 1.82) is 0 Å². The van der Waals surface area contributed by atoms with E-state index in [-0.39, 0.29) is 10.6 Å². The first-order chi connectivity index (χ1) is 10.0. The second-order valence-electron chi connectivity index (χ2n) is 5.96. The van der Waals surface area contributed by atoms with Gasteiger partial charge in [0.2, 0.25) is 0 Å². The van der Waals surface area contributed by atoms with Crippen molar-refractivity contribution in [2.45, 2.75) is 39.7 Å². The summed E-state index contributed by atoms with van der Waals surface area (Å²) in [5.41, 5.74) is 1.74. The summed E-state index contributed by atoms with van der Waals surface area (Å²) < 4.78 is 0. The molecule has 1 atom stereocenters. The fourth-order valence-electron chi connectivity index (χ4n) is 3.05. The molecule has 1 aromatic carbocycles. The number of hydrogen-bond donors (Lipinski definition) is 1. The van der Waals surface area contributed by atoms with E-state index in [1.165, 1.54) is 12.8 Å². The van der Waals surface area contributed by atoms with Crippen LogP contribution >= 0.6 is 0 Å². The molecule has 1 N–H and O–H groups in total. The lowest BCUT2D eigenvalue weighted by molar-refractivity contribution is -0.385. The molecule has 0 amide bonds. The summed E-state index contributed by atoms with van der Waals surface area (Å²) in [6.07, 6.45) is 2.38. The Hall–Kier alpha value is -1.62. The van der Waals surface area contributed by atoms with Gasteiger partial charge in [-0.15, -0.1) is 0 Å². The number of anilines is 1. The third-order valence-electron chi connectivity index (χ3n) is 4.59. The van der Waals surface area contributed by atoms with Gasteiger partial charge in [-0.25, -0.2) is 0 Å². The number of nitrogens with one attached hydrogen (secondary N) is 1. The van der Waals surface area contributed by atoms with E-state index in [1.54, 1.807) is 13.0 Å². The van der Waals surface area contributed by atoms with Crippen molar-refractivity contribution in [3.05, 3.63) is 33.9 Å². The van der Waals surface area contributed by atoms with Gasteiger partial charge in [-0.1, -0.05) is 13.0 Å². The fraction of sp³-hybridized carbons (Fsp3) is 0.625. The van der Waals surface area contributed by atoms with Gasteiger partial charge in [0.05, 0.1) is 4.92 Å². The molecule has 0 saturated carbocycles. The SMILES string of the molecule is CCN1CCC(C(C)Nc2ccc(C)c([N+](=O)[O-])c2)CC1. The molecule has 0 aromatic heterocycles. The van der Waals surface area contributed by atoms with Crippen molar-refractivity contribution in [2.24, 2.45) is 5.92 Å². The third-order valence-corrected chi connectivity index (χ3v) is 4.59. The zero-order valence-electron chi connectivity index (χ0n) is 13.1. The lowest BCUT2D eigenvalue weighted by Crippen LogP contribution is -2.39. The minimum atomic E-state index is -0.315. The van der Waals surface area contributed by atoms with Crippen molar-refractivity contribution in [3.63, 3.8) is 0 Å². The van der Waals surface area contributed by atoms with Crippen molar-refractivity contribution < 1.29 is 4.92 Å². The van der Waals surface area contributed by atoms with Crippen molar-refractivity contribution in [2.75, 3.05) is 25.0 Å². The number of nitro groups is 1. The molecule has 1 fully saturated rings. The van der Waals surface area contributed by atoms with Crippen LogP contribution in [0, 0.1) is 23.0 Å². The summed E-state index contributed by atoms with van der Waals surface area (Å²) in [5, 5.41) is 14.4. The molecule has 0 spiro atoms. The van der Waals surface area contributed by atoms with Gasteiger partial charge in [0.25, 0.3) is 5.69 Å². The summed E-state index contributed by atoms with van der Waals surface area (Å²) >= 11 is 0. The highest BCUT2D eigenvalue weighted by Gasteiger charge is 2.23. The molecule has 5 heteroatoms. The number of aryl methyl sites for hydroxylation is 1. The third kappa shape index (κ3) is 3.94. The van der Waals surface area contributed by atoms with E-state index in [0.717, 1.165) is 25.3 Å². The standard InChI is InChI=1S/C16H25N3O2/c1-4-18-9-7-14(8-10-18)13(3)17-15-6-5-12(2)16(11-15)19(20)21/h5-6,11,13-14,17H,4,7-10H2,1-3H3. The van der Waals surface area contributed by atoms with Gasteiger partial charge in [0, 0.05) is 23.4 Å². The van der Waals surface area contributed by atoms with Crippen LogP contribution in [0.3, 0.4) is 0 Å². The van der Waals surface area contributed by atoms with E-state index in [4.69, 9.17) is 0 Å². The molecule has 1 aliphatic heterocycles. The van der Waals surface area contributed by atoms with Gasteiger partial charge in [0.1, 0.15) is 0 Å². The first kappa shape index (κ1) is 15.8. The Morgan fingerprint density at radius 3 is 2.67 bits per heavy atom. The highest BCUT2D eigenvalue weighted by Crippen LogP contribution is 2.26. The van der Waals surface area contributed by atoms with E-state index in [9.17, 15) is 10.1 Å². The largest absolute Gasteiger partial charge is 0.382 e. The maximum absolute atomic E-state index is 11.0. The van der Waals surface area contributed by atoms with Gasteiger partial charge in [-0.3, -0.25) is 10.1 Å². The Bertz CT molecular complexity index is 496. The molecule has 1 aromatic rings. The van der Waals surface area contributed by atoms with E-state index in [2.05, 4.69) is 24.1 Å². The molecule has 0 aliphatic carbocycles. The number of likely N-dealkylation sites (tertiary alicyclic amines) is 1. The van der Waals surface area contributed by atoms with Gasteiger partial charge in [-0.05, 0) is 58.3 Å². The molecule has 5 nitrogen and oxygen atoms in total. The van der Waals surface area contributed by atoms with Crippen LogP contribution in [-0.2, 0) is 0 Å². The monoisotopic (exact) mass is 291 g/mol. The van der Waals surface area contributed by atoms with Crippen LogP contribution in [0.1, 0.15) is 32.3 Å².